The second-order valence-corrected chi connectivity index (χ2v) is 12.0. The monoisotopic (exact) mass is 533 g/mol. The van der Waals surface area contributed by atoms with Crippen LogP contribution in [0.5, 0.6) is 5.75 Å². The average molecular weight is 534 g/mol. The second-order valence-electron chi connectivity index (χ2n) is 10.3. The van der Waals surface area contributed by atoms with E-state index < -0.39 is 22.6 Å². The number of hydrogen-bond acceptors (Lipinski definition) is 7. The quantitative estimate of drug-likeness (QED) is 0.544. The number of anilines is 2. The lowest BCUT2D eigenvalue weighted by Crippen LogP contribution is -2.60. The summed E-state index contributed by atoms with van der Waals surface area (Å²) in [5.41, 5.74) is 2.56. The molecule has 2 saturated heterocycles. The van der Waals surface area contributed by atoms with Crippen molar-refractivity contribution in [3.63, 3.8) is 0 Å². The standard InChI is InChI=1S/C25H26F3N5O3S/c26-25(27,28)11-17-1-3-20-19(9-17)23(30-15-29-20)33-13-24(14-33)5-7-32(8-6-24)12-18-2-4-21-22(10-18)36-16-37(34,35)31-21/h1-4,9-10,15,31H,5-8,11-14,16H2. The maximum atomic E-state index is 12.9. The van der Waals surface area contributed by atoms with E-state index in [2.05, 4.69) is 24.5 Å². The van der Waals surface area contributed by atoms with Crippen molar-refractivity contribution in [2.75, 3.05) is 41.7 Å². The van der Waals surface area contributed by atoms with Crippen LogP contribution in [0.3, 0.4) is 0 Å². The number of sulfonamides is 1. The molecule has 3 aliphatic heterocycles. The van der Waals surface area contributed by atoms with Gasteiger partial charge in [0.2, 0.25) is 5.94 Å². The lowest BCUT2D eigenvalue weighted by atomic mass is 9.72. The van der Waals surface area contributed by atoms with Crippen LogP contribution in [0, 0.1) is 5.41 Å². The predicted octanol–water partition coefficient (Wildman–Crippen LogP) is 3.93. The van der Waals surface area contributed by atoms with E-state index in [0.29, 0.717) is 28.2 Å². The van der Waals surface area contributed by atoms with Gasteiger partial charge < -0.3 is 9.64 Å². The molecule has 1 spiro atoms. The van der Waals surface area contributed by atoms with Crippen LogP contribution in [0.2, 0.25) is 0 Å². The Kier molecular flexibility index (Phi) is 5.72. The van der Waals surface area contributed by atoms with Gasteiger partial charge in [0.1, 0.15) is 17.9 Å². The van der Waals surface area contributed by atoms with E-state index in [-0.39, 0.29) is 16.9 Å². The maximum absolute atomic E-state index is 12.9. The zero-order chi connectivity index (χ0) is 25.8. The van der Waals surface area contributed by atoms with Crippen molar-refractivity contribution in [2.24, 2.45) is 5.41 Å². The highest BCUT2D eigenvalue weighted by Gasteiger charge is 2.45. The number of rotatable bonds is 4. The molecule has 37 heavy (non-hydrogen) atoms. The third-order valence-corrected chi connectivity index (χ3v) is 8.40. The van der Waals surface area contributed by atoms with Gasteiger partial charge in [0.15, 0.2) is 0 Å². The first-order chi connectivity index (χ1) is 17.6. The number of likely N-dealkylation sites (tertiary alicyclic amines) is 1. The number of nitrogens with zero attached hydrogens (tertiary/aromatic N) is 4. The lowest BCUT2D eigenvalue weighted by Gasteiger charge is -2.54. The van der Waals surface area contributed by atoms with Crippen LogP contribution >= 0.6 is 0 Å². The Balaban J connectivity index is 1.08. The molecule has 12 heteroatoms. The first kappa shape index (κ1) is 24.2. The van der Waals surface area contributed by atoms with Gasteiger partial charge in [-0.3, -0.25) is 9.62 Å². The van der Waals surface area contributed by atoms with Gasteiger partial charge in [0.05, 0.1) is 17.6 Å². The SMILES string of the molecule is O=S1(=O)COc2cc(CN3CCC4(CC3)CN(c3ncnc5ccc(CC(F)(F)F)cc35)C4)ccc2N1. The van der Waals surface area contributed by atoms with Crippen LogP contribution < -0.4 is 14.4 Å². The van der Waals surface area contributed by atoms with E-state index >= 15 is 0 Å². The van der Waals surface area contributed by atoms with Crippen LogP contribution in [-0.2, 0) is 23.0 Å². The van der Waals surface area contributed by atoms with Crippen molar-refractivity contribution in [2.45, 2.75) is 32.0 Å². The summed E-state index contributed by atoms with van der Waals surface area (Å²) < 4.78 is 70.0. The number of aromatic nitrogens is 2. The highest BCUT2D eigenvalue weighted by molar-refractivity contribution is 7.92. The number of piperidine rings is 1. The molecular weight excluding hydrogens is 507 g/mol. The predicted molar refractivity (Wildman–Crippen MR) is 133 cm³/mol. The molecule has 0 amide bonds. The Bertz CT molecular complexity index is 1450. The number of ether oxygens (including phenoxy) is 1. The summed E-state index contributed by atoms with van der Waals surface area (Å²) in [5, 5.41) is 0.661. The van der Waals surface area contributed by atoms with Crippen molar-refractivity contribution in [3.05, 3.63) is 53.9 Å². The summed E-state index contributed by atoms with van der Waals surface area (Å²) in [5.74, 6) is 0.870. The first-order valence-corrected chi connectivity index (χ1v) is 13.8. The van der Waals surface area contributed by atoms with Gasteiger partial charge in [-0.1, -0.05) is 12.1 Å². The molecule has 2 aromatic carbocycles. The van der Waals surface area contributed by atoms with E-state index in [1.807, 2.05) is 12.1 Å². The number of alkyl halides is 3. The van der Waals surface area contributed by atoms with Crippen LogP contribution in [0.4, 0.5) is 24.7 Å². The summed E-state index contributed by atoms with van der Waals surface area (Å²) in [6, 6.07) is 10.2. The fourth-order valence-corrected chi connectivity index (χ4v) is 6.41. The van der Waals surface area contributed by atoms with E-state index in [0.717, 1.165) is 51.1 Å². The fraction of sp³-hybridized carbons (Fsp3) is 0.440. The molecule has 3 aromatic rings. The molecular formula is C25H26F3N5O3S. The summed E-state index contributed by atoms with van der Waals surface area (Å²) in [7, 11) is -3.43. The molecule has 0 saturated carbocycles. The van der Waals surface area contributed by atoms with E-state index in [1.54, 1.807) is 18.2 Å². The minimum Gasteiger partial charge on any atom is -0.474 e. The molecule has 196 valence electrons. The highest BCUT2D eigenvalue weighted by atomic mass is 32.2. The number of nitrogens with one attached hydrogen (secondary N) is 1. The third-order valence-electron chi connectivity index (χ3n) is 7.44. The summed E-state index contributed by atoms with van der Waals surface area (Å²) >= 11 is 0. The first-order valence-electron chi connectivity index (χ1n) is 12.1. The molecule has 1 aromatic heterocycles. The summed E-state index contributed by atoms with van der Waals surface area (Å²) in [4.78, 5) is 13.2. The second kappa shape index (κ2) is 8.73. The Morgan fingerprint density at radius 3 is 2.54 bits per heavy atom. The van der Waals surface area contributed by atoms with Crippen LogP contribution in [0.1, 0.15) is 24.0 Å². The van der Waals surface area contributed by atoms with Crippen molar-refractivity contribution in [1.29, 1.82) is 0 Å². The fourth-order valence-electron chi connectivity index (χ4n) is 5.56. The molecule has 1 N–H and O–H groups in total. The maximum Gasteiger partial charge on any atom is 0.393 e. The molecule has 8 nitrogen and oxygen atoms in total. The van der Waals surface area contributed by atoms with Gasteiger partial charge in [-0.15, -0.1) is 0 Å². The van der Waals surface area contributed by atoms with Crippen LogP contribution in [-0.4, -0.2) is 61.6 Å². The number of halogens is 3. The normalized spacial score (nSPS) is 20.7. The zero-order valence-electron chi connectivity index (χ0n) is 20.0. The van der Waals surface area contributed by atoms with Crippen LogP contribution in [0.25, 0.3) is 10.9 Å². The van der Waals surface area contributed by atoms with Gasteiger partial charge in [-0.2, -0.15) is 13.2 Å². The minimum absolute atomic E-state index is 0.175. The Morgan fingerprint density at radius 2 is 1.78 bits per heavy atom. The van der Waals surface area contributed by atoms with Gasteiger partial charge in [-0.05, 0) is 61.3 Å². The van der Waals surface area contributed by atoms with Crippen molar-refractivity contribution >= 4 is 32.4 Å². The molecule has 0 unspecified atom stereocenters. The van der Waals surface area contributed by atoms with Gasteiger partial charge in [-0.25, -0.2) is 18.4 Å². The molecule has 0 aliphatic carbocycles. The number of hydrogen-bond donors (Lipinski definition) is 1. The van der Waals surface area contributed by atoms with Crippen molar-refractivity contribution in [3.8, 4) is 5.75 Å². The summed E-state index contributed by atoms with van der Waals surface area (Å²) in [6.45, 7) is 4.26. The Morgan fingerprint density at radius 1 is 1.03 bits per heavy atom. The molecule has 0 bridgehead atoms. The molecule has 6 rings (SSSR count). The molecule has 0 atom stereocenters. The van der Waals surface area contributed by atoms with Crippen molar-refractivity contribution < 1.29 is 26.3 Å². The molecule has 3 aliphatic rings. The summed E-state index contributed by atoms with van der Waals surface area (Å²) in [6.07, 6.45) is -1.72. The average Bonchev–Trinajstić information content (AvgIpc) is 2.82. The molecule has 0 radical (unpaired) electrons. The highest BCUT2D eigenvalue weighted by Crippen LogP contribution is 2.44. The Hall–Kier alpha value is -3.12. The smallest absolute Gasteiger partial charge is 0.393 e. The lowest BCUT2D eigenvalue weighted by molar-refractivity contribution is -0.127. The van der Waals surface area contributed by atoms with Gasteiger partial charge in [0, 0.05) is 30.4 Å². The number of benzene rings is 2. The topological polar surface area (TPSA) is 87.7 Å². The van der Waals surface area contributed by atoms with E-state index in [1.165, 1.54) is 12.4 Å². The Labute approximate surface area is 212 Å². The largest absolute Gasteiger partial charge is 0.474 e. The van der Waals surface area contributed by atoms with Crippen LogP contribution in [0.15, 0.2) is 42.7 Å². The van der Waals surface area contributed by atoms with Crippen molar-refractivity contribution in [1.82, 2.24) is 14.9 Å². The van der Waals surface area contributed by atoms with Gasteiger partial charge >= 0.3 is 6.18 Å². The number of fused-ring (bicyclic) bond motifs is 2. The third kappa shape index (κ3) is 5.04. The minimum atomic E-state index is -4.26. The molecule has 2 fully saturated rings. The van der Waals surface area contributed by atoms with Gasteiger partial charge in [0.25, 0.3) is 10.0 Å². The van der Waals surface area contributed by atoms with E-state index in [4.69, 9.17) is 4.74 Å². The molecule has 4 heterocycles. The zero-order valence-corrected chi connectivity index (χ0v) is 20.8. The van der Waals surface area contributed by atoms with E-state index in [9.17, 15) is 21.6 Å².